The van der Waals surface area contributed by atoms with Crippen LogP contribution in [0.5, 0.6) is 0 Å². The third kappa shape index (κ3) is 4.66. The van der Waals surface area contributed by atoms with Crippen molar-refractivity contribution in [3.8, 4) is 6.07 Å². The highest BCUT2D eigenvalue weighted by Crippen LogP contribution is 2.17. The van der Waals surface area contributed by atoms with Crippen LogP contribution >= 0.6 is 11.6 Å². The van der Waals surface area contributed by atoms with E-state index in [0.717, 1.165) is 25.2 Å². The molecule has 0 bridgehead atoms. The molecule has 0 saturated heterocycles. The molecule has 0 fully saturated rings. The van der Waals surface area contributed by atoms with Crippen LogP contribution in [-0.4, -0.2) is 31.1 Å². The second-order valence-electron chi connectivity index (χ2n) is 4.67. The monoisotopic (exact) mass is 265 g/mol. The van der Waals surface area contributed by atoms with E-state index in [1.54, 1.807) is 12.1 Å². The van der Waals surface area contributed by atoms with Gasteiger partial charge in [-0.3, -0.25) is 0 Å². The maximum absolute atomic E-state index is 8.75. The summed E-state index contributed by atoms with van der Waals surface area (Å²) < 4.78 is 0. The number of hydrogen-bond acceptors (Lipinski definition) is 3. The molecule has 0 heterocycles. The fourth-order valence-corrected chi connectivity index (χ4v) is 1.74. The van der Waals surface area contributed by atoms with Crippen molar-refractivity contribution >= 4 is 11.6 Å². The molecule has 0 radical (unpaired) electrons. The molecule has 0 atom stereocenters. The minimum absolute atomic E-state index is 0.560. The molecule has 0 saturated carbocycles. The van der Waals surface area contributed by atoms with E-state index < -0.39 is 0 Å². The van der Waals surface area contributed by atoms with E-state index in [1.165, 1.54) is 0 Å². The van der Waals surface area contributed by atoms with Gasteiger partial charge in [-0.25, -0.2) is 0 Å². The van der Waals surface area contributed by atoms with Gasteiger partial charge in [0.15, 0.2) is 0 Å². The summed E-state index contributed by atoms with van der Waals surface area (Å²) in [6.45, 7) is 7.02. The van der Waals surface area contributed by atoms with Crippen LogP contribution in [0.3, 0.4) is 0 Å². The van der Waals surface area contributed by atoms with E-state index in [9.17, 15) is 0 Å². The standard InChI is InChI=1S/C14H20ClN3/c1-11(2)18(3)7-6-17-10-13-5-4-12(9-16)8-14(13)15/h4-5,8,11,17H,6-7,10H2,1-3H3. The van der Waals surface area contributed by atoms with Crippen LogP contribution in [0.25, 0.3) is 0 Å². The van der Waals surface area contributed by atoms with E-state index in [4.69, 9.17) is 16.9 Å². The predicted octanol–water partition coefficient (Wildman–Crippen LogP) is 2.64. The average Bonchev–Trinajstić information content (AvgIpc) is 2.35. The molecule has 0 aliphatic rings. The highest BCUT2D eigenvalue weighted by atomic mass is 35.5. The van der Waals surface area contributed by atoms with Crippen molar-refractivity contribution in [1.82, 2.24) is 10.2 Å². The van der Waals surface area contributed by atoms with Crippen LogP contribution in [0.1, 0.15) is 25.0 Å². The summed E-state index contributed by atoms with van der Waals surface area (Å²) in [4.78, 5) is 2.29. The lowest BCUT2D eigenvalue weighted by Crippen LogP contribution is -2.33. The zero-order valence-corrected chi connectivity index (χ0v) is 12.0. The summed E-state index contributed by atoms with van der Waals surface area (Å²) in [6.07, 6.45) is 0. The maximum atomic E-state index is 8.75. The third-order valence-corrected chi connectivity index (χ3v) is 3.37. The molecule has 1 aromatic carbocycles. The van der Waals surface area contributed by atoms with Gasteiger partial charge in [-0.15, -0.1) is 0 Å². The van der Waals surface area contributed by atoms with Gasteiger partial charge < -0.3 is 10.2 Å². The van der Waals surface area contributed by atoms with Gasteiger partial charge >= 0.3 is 0 Å². The Hall–Kier alpha value is -1.08. The lowest BCUT2D eigenvalue weighted by atomic mass is 10.1. The smallest absolute Gasteiger partial charge is 0.0992 e. The van der Waals surface area contributed by atoms with E-state index in [1.807, 2.05) is 6.07 Å². The SMILES string of the molecule is CC(C)N(C)CCNCc1ccc(C#N)cc1Cl. The molecule has 1 rings (SSSR count). The van der Waals surface area contributed by atoms with Crippen molar-refractivity contribution in [3.63, 3.8) is 0 Å². The molecule has 3 nitrogen and oxygen atoms in total. The Labute approximate surface area is 114 Å². The molecule has 4 heteroatoms. The molecule has 0 aromatic heterocycles. The molecule has 0 aliphatic heterocycles. The first-order valence-electron chi connectivity index (χ1n) is 6.14. The van der Waals surface area contributed by atoms with E-state index >= 15 is 0 Å². The Morgan fingerprint density at radius 3 is 2.72 bits per heavy atom. The highest BCUT2D eigenvalue weighted by Gasteiger charge is 2.03. The van der Waals surface area contributed by atoms with Crippen molar-refractivity contribution in [3.05, 3.63) is 34.3 Å². The van der Waals surface area contributed by atoms with Crippen LogP contribution in [-0.2, 0) is 6.54 Å². The average molecular weight is 266 g/mol. The van der Waals surface area contributed by atoms with Crippen molar-refractivity contribution in [2.45, 2.75) is 26.4 Å². The molecule has 1 N–H and O–H groups in total. The Kier molecular flexibility index (Phi) is 6.14. The number of nitrogens with one attached hydrogen (secondary N) is 1. The second-order valence-corrected chi connectivity index (χ2v) is 5.08. The summed E-state index contributed by atoms with van der Waals surface area (Å²) in [6, 6.07) is 8.04. The van der Waals surface area contributed by atoms with Crippen LogP contribution in [0.15, 0.2) is 18.2 Å². The summed E-state index contributed by atoms with van der Waals surface area (Å²) in [5.74, 6) is 0. The van der Waals surface area contributed by atoms with Crippen LogP contribution in [0, 0.1) is 11.3 Å². The van der Waals surface area contributed by atoms with E-state index in [0.29, 0.717) is 16.6 Å². The second kappa shape index (κ2) is 7.38. The Bertz CT molecular complexity index is 424. The van der Waals surface area contributed by atoms with Gasteiger partial charge in [0, 0.05) is 30.7 Å². The Morgan fingerprint density at radius 2 is 2.17 bits per heavy atom. The quantitative estimate of drug-likeness (QED) is 0.804. The van der Waals surface area contributed by atoms with Crippen molar-refractivity contribution < 1.29 is 0 Å². The van der Waals surface area contributed by atoms with Gasteiger partial charge in [0.2, 0.25) is 0 Å². The molecule has 18 heavy (non-hydrogen) atoms. The minimum Gasteiger partial charge on any atom is -0.311 e. The molecule has 0 unspecified atom stereocenters. The third-order valence-electron chi connectivity index (χ3n) is 3.02. The van der Waals surface area contributed by atoms with Gasteiger partial charge in [0.1, 0.15) is 0 Å². The molecule has 0 amide bonds. The topological polar surface area (TPSA) is 39.1 Å². The fourth-order valence-electron chi connectivity index (χ4n) is 1.50. The molecular formula is C14H20ClN3. The van der Waals surface area contributed by atoms with Crippen molar-refractivity contribution in [2.24, 2.45) is 0 Å². The van der Waals surface area contributed by atoms with Crippen molar-refractivity contribution in [2.75, 3.05) is 20.1 Å². The normalized spacial score (nSPS) is 10.9. The lowest BCUT2D eigenvalue weighted by molar-refractivity contribution is 0.273. The zero-order valence-electron chi connectivity index (χ0n) is 11.2. The van der Waals surface area contributed by atoms with E-state index in [2.05, 4.69) is 37.2 Å². The van der Waals surface area contributed by atoms with Gasteiger partial charge in [-0.2, -0.15) is 5.26 Å². The molecular weight excluding hydrogens is 246 g/mol. The highest BCUT2D eigenvalue weighted by molar-refractivity contribution is 6.31. The zero-order chi connectivity index (χ0) is 13.5. The number of likely N-dealkylation sites (N-methyl/N-ethyl adjacent to an activating group) is 1. The maximum Gasteiger partial charge on any atom is 0.0992 e. The van der Waals surface area contributed by atoms with E-state index in [-0.39, 0.29) is 0 Å². The van der Waals surface area contributed by atoms with Crippen LogP contribution in [0.4, 0.5) is 0 Å². The summed E-state index contributed by atoms with van der Waals surface area (Å²) >= 11 is 6.10. The Morgan fingerprint density at radius 1 is 1.44 bits per heavy atom. The molecule has 98 valence electrons. The first-order valence-corrected chi connectivity index (χ1v) is 6.52. The van der Waals surface area contributed by atoms with Gasteiger partial charge in [-0.1, -0.05) is 17.7 Å². The molecule has 0 aliphatic carbocycles. The lowest BCUT2D eigenvalue weighted by Gasteiger charge is -2.21. The summed E-state index contributed by atoms with van der Waals surface area (Å²) in [5, 5.41) is 12.8. The van der Waals surface area contributed by atoms with Gasteiger partial charge in [-0.05, 0) is 38.6 Å². The van der Waals surface area contributed by atoms with Crippen molar-refractivity contribution in [1.29, 1.82) is 5.26 Å². The number of rotatable bonds is 6. The minimum atomic E-state index is 0.560. The number of benzene rings is 1. The number of nitrogens with zero attached hydrogens (tertiary/aromatic N) is 2. The molecule has 1 aromatic rings. The summed E-state index contributed by atoms with van der Waals surface area (Å²) in [7, 11) is 2.11. The Balaban J connectivity index is 2.38. The van der Waals surface area contributed by atoms with Crippen LogP contribution in [0.2, 0.25) is 5.02 Å². The fraction of sp³-hybridized carbons (Fsp3) is 0.500. The first-order chi connectivity index (χ1) is 8.54. The number of halogens is 1. The molecule has 0 spiro atoms. The first kappa shape index (κ1) is 15.0. The summed E-state index contributed by atoms with van der Waals surface area (Å²) in [5.41, 5.74) is 1.63. The largest absolute Gasteiger partial charge is 0.311 e. The van der Waals surface area contributed by atoms with Gasteiger partial charge in [0.05, 0.1) is 11.6 Å². The van der Waals surface area contributed by atoms with Gasteiger partial charge in [0.25, 0.3) is 0 Å². The van der Waals surface area contributed by atoms with Crippen LogP contribution < -0.4 is 5.32 Å². The number of nitriles is 1. The number of hydrogen-bond donors (Lipinski definition) is 1. The predicted molar refractivity (Wildman–Crippen MR) is 75.6 cm³/mol.